The molecule has 138 valence electrons. The summed E-state index contributed by atoms with van der Waals surface area (Å²) < 4.78 is 0. The van der Waals surface area contributed by atoms with Gasteiger partial charge in [0.15, 0.2) is 0 Å². The second-order valence-electron chi connectivity index (χ2n) is 6.79. The predicted molar refractivity (Wildman–Crippen MR) is 107 cm³/mol. The first-order chi connectivity index (χ1) is 12.6. The Morgan fingerprint density at radius 3 is 3.04 bits per heavy atom. The third kappa shape index (κ3) is 4.33. The Morgan fingerprint density at radius 1 is 1.42 bits per heavy atom. The molecule has 26 heavy (non-hydrogen) atoms. The highest BCUT2D eigenvalue weighted by molar-refractivity contribution is 6.33. The van der Waals surface area contributed by atoms with Crippen LogP contribution < -0.4 is 5.32 Å². The van der Waals surface area contributed by atoms with Crippen LogP contribution in [-0.4, -0.2) is 34.1 Å². The van der Waals surface area contributed by atoms with Gasteiger partial charge in [0.1, 0.15) is 5.82 Å². The van der Waals surface area contributed by atoms with Crippen LogP contribution in [0.2, 0.25) is 5.02 Å². The fourth-order valence-electron chi connectivity index (χ4n) is 3.35. The molecule has 2 aliphatic heterocycles. The van der Waals surface area contributed by atoms with E-state index in [0.717, 1.165) is 43.6 Å². The van der Waals surface area contributed by atoms with Crippen molar-refractivity contribution in [3.63, 3.8) is 0 Å². The van der Waals surface area contributed by atoms with Gasteiger partial charge in [0, 0.05) is 30.9 Å². The molecule has 0 radical (unpaired) electrons. The number of halogens is 1. The number of nitrogens with one attached hydrogen (secondary N) is 1. The zero-order valence-corrected chi connectivity index (χ0v) is 16.1. The van der Waals surface area contributed by atoms with Gasteiger partial charge in [-0.1, -0.05) is 24.6 Å². The molecule has 1 saturated heterocycles. The van der Waals surface area contributed by atoms with E-state index in [1.54, 1.807) is 18.5 Å². The lowest BCUT2D eigenvalue weighted by Gasteiger charge is -2.35. The molecule has 1 atom stereocenters. The summed E-state index contributed by atoms with van der Waals surface area (Å²) in [4.78, 5) is 23.6. The van der Waals surface area contributed by atoms with Gasteiger partial charge >= 0.3 is 0 Å². The number of carbonyl (C=O) groups is 1. The van der Waals surface area contributed by atoms with E-state index in [0.29, 0.717) is 22.4 Å². The molecule has 0 saturated carbocycles. The number of likely N-dealkylation sites (tertiary alicyclic amines) is 1. The Hall–Kier alpha value is -2.14. The van der Waals surface area contributed by atoms with Crippen LogP contribution in [0.25, 0.3) is 0 Å². The summed E-state index contributed by atoms with van der Waals surface area (Å²) in [5.41, 5.74) is 2.41. The molecule has 3 rings (SSSR count). The zero-order valence-electron chi connectivity index (χ0n) is 15.3. The minimum Gasteiger partial charge on any atom is -0.338 e. The molecule has 1 aromatic heterocycles. The van der Waals surface area contributed by atoms with Crippen LogP contribution in [0.4, 0.5) is 5.82 Å². The molecule has 6 heteroatoms. The van der Waals surface area contributed by atoms with Gasteiger partial charge in [-0.25, -0.2) is 4.98 Å². The maximum Gasteiger partial charge on any atom is 0.255 e. The first kappa shape index (κ1) is 18.6. The number of hydrogen-bond acceptors (Lipinski definition) is 4. The lowest BCUT2D eigenvalue weighted by molar-refractivity contribution is 0.0607. The minimum atomic E-state index is 0.0197. The molecule has 1 N–H and O–H groups in total. The van der Waals surface area contributed by atoms with Crippen LogP contribution in [0.1, 0.15) is 56.3 Å². The van der Waals surface area contributed by atoms with E-state index in [1.165, 1.54) is 6.42 Å². The van der Waals surface area contributed by atoms with E-state index < -0.39 is 0 Å². The highest BCUT2D eigenvalue weighted by atomic mass is 35.5. The van der Waals surface area contributed by atoms with Gasteiger partial charge in [0.05, 0.1) is 22.5 Å². The number of allylic oxidation sites excluding steroid dienone is 2. The molecule has 0 spiro atoms. The number of nitrogens with zero attached hydrogens (tertiary/aromatic N) is 3. The number of rotatable bonds is 4. The van der Waals surface area contributed by atoms with Crippen molar-refractivity contribution in [3.05, 3.63) is 46.9 Å². The molecule has 1 fully saturated rings. The second kappa shape index (κ2) is 8.49. The normalized spacial score (nSPS) is 20.3. The summed E-state index contributed by atoms with van der Waals surface area (Å²) in [7, 11) is 0. The van der Waals surface area contributed by atoms with E-state index >= 15 is 0 Å². The van der Waals surface area contributed by atoms with Gasteiger partial charge < -0.3 is 10.2 Å². The Morgan fingerprint density at radius 2 is 2.27 bits per heavy atom. The van der Waals surface area contributed by atoms with Crippen molar-refractivity contribution in [2.24, 2.45) is 4.99 Å². The Balaban J connectivity index is 1.76. The molecular weight excluding hydrogens is 348 g/mol. The van der Waals surface area contributed by atoms with Gasteiger partial charge in [-0.15, -0.1) is 0 Å². The number of anilines is 1. The van der Waals surface area contributed by atoms with Crippen LogP contribution in [0, 0.1) is 0 Å². The third-order valence-corrected chi connectivity index (χ3v) is 5.13. The van der Waals surface area contributed by atoms with Crippen LogP contribution in [0.3, 0.4) is 0 Å². The molecule has 0 bridgehead atoms. The van der Waals surface area contributed by atoms with Crippen LogP contribution >= 0.6 is 11.6 Å². The molecule has 1 aromatic rings. The number of hydrogen-bond donors (Lipinski definition) is 1. The monoisotopic (exact) mass is 372 g/mol. The third-order valence-electron chi connectivity index (χ3n) is 4.84. The highest BCUT2D eigenvalue weighted by Gasteiger charge is 2.26. The standard InChI is InChI=1S/C20H25ClN4O/c1-3-17-9-4-5-10-25(17)20(26)15-11-18(21)19(23-12-15)24-16-8-6-7-14(2)22-13-16/h6,8,11-13,17H,3-5,7,9-10H2,1-2H3,(H,23,24)/t17-/m1/s1. The quantitative estimate of drug-likeness (QED) is 0.824. The summed E-state index contributed by atoms with van der Waals surface area (Å²) in [6, 6.07) is 2.02. The summed E-state index contributed by atoms with van der Waals surface area (Å²) in [5.74, 6) is 0.547. The number of pyridine rings is 1. The van der Waals surface area contributed by atoms with E-state index in [4.69, 9.17) is 11.6 Å². The minimum absolute atomic E-state index is 0.0197. The number of piperidine rings is 1. The van der Waals surface area contributed by atoms with Gasteiger partial charge in [0.25, 0.3) is 5.91 Å². The van der Waals surface area contributed by atoms with E-state index in [-0.39, 0.29) is 5.91 Å². The Bertz CT molecular complexity index is 769. The fraction of sp³-hybridized carbons (Fsp3) is 0.450. The first-order valence-electron chi connectivity index (χ1n) is 9.22. The van der Waals surface area contributed by atoms with E-state index in [2.05, 4.69) is 22.2 Å². The predicted octanol–water partition coefficient (Wildman–Crippen LogP) is 4.81. The zero-order chi connectivity index (χ0) is 18.5. The second-order valence-corrected chi connectivity index (χ2v) is 7.20. The topological polar surface area (TPSA) is 57.6 Å². The summed E-state index contributed by atoms with van der Waals surface area (Å²) in [5, 5.41) is 3.61. The number of amides is 1. The molecule has 0 aromatic carbocycles. The summed E-state index contributed by atoms with van der Waals surface area (Å²) in [6.07, 6.45) is 12.5. The van der Waals surface area contributed by atoms with Gasteiger partial charge in [-0.3, -0.25) is 9.79 Å². The molecular formula is C20H25ClN4O. The Kier molecular flexibility index (Phi) is 6.09. The molecule has 0 aliphatic carbocycles. The van der Waals surface area contributed by atoms with Gasteiger partial charge in [0.2, 0.25) is 0 Å². The molecule has 5 nitrogen and oxygen atoms in total. The van der Waals surface area contributed by atoms with Crippen molar-refractivity contribution < 1.29 is 4.79 Å². The van der Waals surface area contributed by atoms with Crippen molar-refractivity contribution in [3.8, 4) is 0 Å². The fourth-order valence-corrected chi connectivity index (χ4v) is 3.56. The number of aliphatic imine (C=N–C) groups is 1. The Labute approximate surface area is 159 Å². The van der Waals surface area contributed by atoms with Crippen LogP contribution in [-0.2, 0) is 0 Å². The average molecular weight is 373 g/mol. The van der Waals surface area contributed by atoms with Crippen molar-refractivity contribution in [1.82, 2.24) is 9.88 Å². The van der Waals surface area contributed by atoms with E-state index in [1.807, 2.05) is 24.0 Å². The highest BCUT2D eigenvalue weighted by Crippen LogP contribution is 2.26. The van der Waals surface area contributed by atoms with Crippen molar-refractivity contribution in [1.29, 1.82) is 0 Å². The SMILES string of the molecule is CC[C@@H]1CCCCN1C(=O)c1cnc(NC2=CN=C(C)CC=C2)c(Cl)c1. The van der Waals surface area contributed by atoms with Crippen molar-refractivity contribution in [2.75, 3.05) is 11.9 Å². The molecule has 1 amide bonds. The average Bonchev–Trinajstić information content (AvgIpc) is 2.87. The lowest BCUT2D eigenvalue weighted by Crippen LogP contribution is -2.43. The largest absolute Gasteiger partial charge is 0.338 e. The summed E-state index contributed by atoms with van der Waals surface area (Å²) >= 11 is 6.39. The molecule has 2 aliphatic rings. The van der Waals surface area contributed by atoms with E-state index in [9.17, 15) is 4.79 Å². The van der Waals surface area contributed by atoms with Gasteiger partial charge in [-0.05, 0) is 44.7 Å². The smallest absolute Gasteiger partial charge is 0.255 e. The molecule has 0 unspecified atom stereocenters. The van der Waals surface area contributed by atoms with Crippen molar-refractivity contribution >= 4 is 29.0 Å². The first-order valence-corrected chi connectivity index (χ1v) is 9.59. The van der Waals surface area contributed by atoms with Crippen molar-refractivity contribution in [2.45, 2.75) is 52.0 Å². The van der Waals surface area contributed by atoms with Gasteiger partial charge in [-0.2, -0.15) is 0 Å². The van der Waals surface area contributed by atoms with Crippen LogP contribution in [0.15, 0.2) is 41.3 Å². The number of carbonyl (C=O) groups excluding carboxylic acids is 1. The number of aromatic nitrogens is 1. The lowest BCUT2D eigenvalue weighted by atomic mass is 9.99. The maximum atomic E-state index is 12.9. The summed E-state index contributed by atoms with van der Waals surface area (Å²) in [6.45, 7) is 4.93. The maximum absolute atomic E-state index is 12.9. The van der Waals surface area contributed by atoms with Crippen LogP contribution in [0.5, 0.6) is 0 Å². The molecule has 3 heterocycles.